The third kappa shape index (κ3) is 3.04. The van der Waals surface area contributed by atoms with Crippen molar-refractivity contribution in [2.45, 2.75) is 0 Å². The van der Waals surface area contributed by atoms with Gasteiger partial charge in [-0.2, -0.15) is 0 Å². The van der Waals surface area contributed by atoms with E-state index in [4.69, 9.17) is 0 Å². The van der Waals surface area contributed by atoms with Crippen molar-refractivity contribution in [2.24, 2.45) is 0 Å². The fourth-order valence-corrected chi connectivity index (χ4v) is 6.41. The molecule has 0 radical (unpaired) electrons. The number of benzene rings is 8. The van der Waals surface area contributed by atoms with Crippen LogP contribution < -0.4 is 0 Å². The zero-order valence-electron chi connectivity index (χ0n) is 20.9. The van der Waals surface area contributed by atoms with E-state index in [1.165, 1.54) is 76.1 Å². The Kier molecular flexibility index (Phi) is 4.62. The highest BCUT2D eigenvalue weighted by Gasteiger charge is 2.16. The molecule has 0 heteroatoms. The molecule has 0 unspecified atom stereocenters. The third-order valence-corrected chi connectivity index (χ3v) is 8.06. The molecule has 0 nitrogen and oxygen atoms in total. The molecule has 0 aliphatic carbocycles. The summed E-state index contributed by atoms with van der Waals surface area (Å²) in [7, 11) is 0. The normalized spacial score (nSPS) is 11.7. The summed E-state index contributed by atoms with van der Waals surface area (Å²) >= 11 is 0. The lowest BCUT2D eigenvalue weighted by Crippen LogP contribution is -1.90. The van der Waals surface area contributed by atoms with Crippen LogP contribution in [0.5, 0.6) is 0 Å². The van der Waals surface area contributed by atoms with Crippen molar-refractivity contribution >= 4 is 53.9 Å². The number of fused-ring (bicyclic) bond motifs is 9. The lowest BCUT2D eigenvalue weighted by molar-refractivity contribution is 1.63. The Morgan fingerprint density at radius 2 is 0.632 bits per heavy atom. The summed E-state index contributed by atoms with van der Waals surface area (Å²) in [6, 6.07) is 53.3. The Balaban J connectivity index is 1.49. The van der Waals surface area contributed by atoms with Crippen LogP contribution in [-0.4, -0.2) is 0 Å². The first kappa shape index (κ1) is 21.2. The standard InChI is InChI=1S/C38H24/c1-2-12-26-25(11-1)23-24-34-27(26)19-9-20-30(34)28-13-3-5-15-31(28)36-21-10-22-37-33-16-6-4-14-29(33)32-17-7-8-18-35(32)38(36)37/h1-24H. The summed E-state index contributed by atoms with van der Waals surface area (Å²) in [5.41, 5.74) is 5.07. The van der Waals surface area contributed by atoms with Gasteiger partial charge in [0.15, 0.2) is 0 Å². The van der Waals surface area contributed by atoms with Gasteiger partial charge in [-0.05, 0) is 76.1 Å². The van der Waals surface area contributed by atoms with E-state index < -0.39 is 0 Å². The van der Waals surface area contributed by atoms with Gasteiger partial charge in [0.25, 0.3) is 0 Å². The van der Waals surface area contributed by atoms with Gasteiger partial charge in [0.2, 0.25) is 0 Å². The molecule has 0 aliphatic rings. The van der Waals surface area contributed by atoms with E-state index in [9.17, 15) is 0 Å². The molecule has 38 heavy (non-hydrogen) atoms. The molecule has 0 saturated carbocycles. The van der Waals surface area contributed by atoms with Crippen LogP contribution in [0.3, 0.4) is 0 Å². The molecule has 0 heterocycles. The van der Waals surface area contributed by atoms with Crippen molar-refractivity contribution in [3.8, 4) is 22.3 Å². The SMILES string of the molecule is c1ccc(-c2cccc3c4ccccc4c4ccccc4c23)c(-c2cccc3c2ccc2ccccc23)c1. The van der Waals surface area contributed by atoms with Gasteiger partial charge in [0, 0.05) is 0 Å². The zero-order valence-corrected chi connectivity index (χ0v) is 20.9. The molecule has 0 bridgehead atoms. The fourth-order valence-electron chi connectivity index (χ4n) is 6.41. The third-order valence-electron chi connectivity index (χ3n) is 8.06. The van der Waals surface area contributed by atoms with Gasteiger partial charge in [0.05, 0.1) is 0 Å². The second-order valence-electron chi connectivity index (χ2n) is 10.1. The maximum absolute atomic E-state index is 2.29. The molecule has 8 aromatic rings. The summed E-state index contributed by atoms with van der Waals surface area (Å²) in [5, 5.41) is 13.0. The minimum absolute atomic E-state index is 1.26. The largest absolute Gasteiger partial charge is 0.0616 e. The lowest BCUT2D eigenvalue weighted by atomic mass is 9.86. The Hall–Kier alpha value is -4.94. The van der Waals surface area contributed by atoms with Crippen molar-refractivity contribution in [1.82, 2.24) is 0 Å². The molecule has 0 saturated heterocycles. The predicted molar refractivity (Wildman–Crippen MR) is 165 cm³/mol. The number of rotatable bonds is 2. The van der Waals surface area contributed by atoms with Crippen molar-refractivity contribution in [3.63, 3.8) is 0 Å². The van der Waals surface area contributed by atoms with Gasteiger partial charge in [0.1, 0.15) is 0 Å². The monoisotopic (exact) mass is 480 g/mol. The topological polar surface area (TPSA) is 0 Å². The molecule has 0 spiro atoms. The van der Waals surface area contributed by atoms with E-state index in [2.05, 4.69) is 146 Å². The molecule has 8 rings (SSSR count). The fraction of sp³-hybridized carbons (Fsp3) is 0. The molecule has 0 N–H and O–H groups in total. The number of hydrogen-bond acceptors (Lipinski definition) is 0. The van der Waals surface area contributed by atoms with Crippen LogP contribution in [0, 0.1) is 0 Å². The minimum atomic E-state index is 1.26. The van der Waals surface area contributed by atoms with Gasteiger partial charge in [-0.1, -0.05) is 146 Å². The van der Waals surface area contributed by atoms with Crippen LogP contribution in [-0.2, 0) is 0 Å². The van der Waals surface area contributed by atoms with Gasteiger partial charge >= 0.3 is 0 Å². The highest BCUT2D eigenvalue weighted by atomic mass is 14.2. The van der Waals surface area contributed by atoms with Crippen LogP contribution in [0.25, 0.3) is 76.1 Å². The van der Waals surface area contributed by atoms with Gasteiger partial charge in [-0.15, -0.1) is 0 Å². The quantitative estimate of drug-likeness (QED) is 0.216. The van der Waals surface area contributed by atoms with E-state index in [1.54, 1.807) is 0 Å². The minimum Gasteiger partial charge on any atom is -0.0616 e. The van der Waals surface area contributed by atoms with Crippen LogP contribution in [0.15, 0.2) is 146 Å². The first-order chi connectivity index (χ1) is 18.9. The van der Waals surface area contributed by atoms with Gasteiger partial charge in [-0.3, -0.25) is 0 Å². The summed E-state index contributed by atoms with van der Waals surface area (Å²) < 4.78 is 0. The molecule has 176 valence electrons. The molecule has 0 atom stereocenters. The smallest absolute Gasteiger partial charge is 0.00201 e. The predicted octanol–water partition coefficient (Wildman–Crippen LogP) is 10.8. The zero-order chi connectivity index (χ0) is 25.1. The van der Waals surface area contributed by atoms with Crippen molar-refractivity contribution in [3.05, 3.63) is 146 Å². The van der Waals surface area contributed by atoms with E-state index in [0.29, 0.717) is 0 Å². The highest BCUT2D eigenvalue weighted by molar-refractivity contribution is 6.29. The van der Waals surface area contributed by atoms with Crippen LogP contribution >= 0.6 is 0 Å². The van der Waals surface area contributed by atoms with Crippen molar-refractivity contribution in [2.75, 3.05) is 0 Å². The van der Waals surface area contributed by atoms with Gasteiger partial charge in [-0.25, -0.2) is 0 Å². The number of hydrogen-bond donors (Lipinski definition) is 0. The Bertz CT molecular complexity index is 2140. The summed E-state index contributed by atoms with van der Waals surface area (Å²) in [5.74, 6) is 0. The summed E-state index contributed by atoms with van der Waals surface area (Å²) in [4.78, 5) is 0. The van der Waals surface area contributed by atoms with Crippen molar-refractivity contribution in [1.29, 1.82) is 0 Å². The molecule has 8 aromatic carbocycles. The first-order valence-electron chi connectivity index (χ1n) is 13.2. The maximum Gasteiger partial charge on any atom is -0.00201 e. The molecule has 0 amide bonds. The maximum atomic E-state index is 2.29. The summed E-state index contributed by atoms with van der Waals surface area (Å²) in [6.45, 7) is 0. The van der Waals surface area contributed by atoms with E-state index in [1.807, 2.05) is 0 Å². The molecule has 0 aromatic heterocycles. The average molecular weight is 481 g/mol. The molecular formula is C38H24. The Morgan fingerprint density at radius 3 is 1.34 bits per heavy atom. The second kappa shape index (κ2) is 8.30. The Morgan fingerprint density at radius 1 is 0.211 bits per heavy atom. The van der Waals surface area contributed by atoms with E-state index >= 15 is 0 Å². The highest BCUT2D eigenvalue weighted by Crippen LogP contribution is 2.44. The van der Waals surface area contributed by atoms with Crippen LogP contribution in [0.1, 0.15) is 0 Å². The van der Waals surface area contributed by atoms with Crippen LogP contribution in [0.4, 0.5) is 0 Å². The summed E-state index contributed by atoms with van der Waals surface area (Å²) in [6.07, 6.45) is 0. The average Bonchev–Trinajstić information content (AvgIpc) is 3.00. The molecule has 0 fully saturated rings. The van der Waals surface area contributed by atoms with Crippen molar-refractivity contribution < 1.29 is 0 Å². The molecule has 0 aliphatic heterocycles. The van der Waals surface area contributed by atoms with Crippen LogP contribution in [0.2, 0.25) is 0 Å². The lowest BCUT2D eigenvalue weighted by Gasteiger charge is -2.17. The van der Waals surface area contributed by atoms with E-state index in [-0.39, 0.29) is 0 Å². The second-order valence-corrected chi connectivity index (χ2v) is 10.1. The first-order valence-corrected chi connectivity index (χ1v) is 13.2. The van der Waals surface area contributed by atoms with Gasteiger partial charge < -0.3 is 0 Å². The Labute approximate surface area is 221 Å². The van der Waals surface area contributed by atoms with E-state index in [0.717, 1.165) is 0 Å². The molecular weight excluding hydrogens is 456 g/mol.